The summed E-state index contributed by atoms with van der Waals surface area (Å²) < 4.78 is 9.97. The lowest BCUT2D eigenvalue weighted by molar-refractivity contribution is -0.146. The second-order valence-electron chi connectivity index (χ2n) is 5.49. The molecule has 0 spiro atoms. The van der Waals surface area contributed by atoms with Gasteiger partial charge in [0.05, 0.1) is 17.2 Å². The summed E-state index contributed by atoms with van der Waals surface area (Å²) >= 11 is 0. The lowest BCUT2D eigenvalue weighted by Crippen LogP contribution is -2.38. The first kappa shape index (κ1) is 15.7. The third-order valence-corrected chi connectivity index (χ3v) is 3.12. The van der Waals surface area contributed by atoms with Crippen LogP contribution < -0.4 is 5.32 Å². The van der Waals surface area contributed by atoms with E-state index < -0.39 is 11.4 Å². The first-order valence-electron chi connectivity index (χ1n) is 6.74. The number of carbonyl (C=O) groups is 2. The summed E-state index contributed by atoms with van der Waals surface area (Å²) in [4.78, 5) is 26.8. The van der Waals surface area contributed by atoms with Crippen LogP contribution in [-0.2, 0) is 16.0 Å². The SMILES string of the molecule is CC(C)(CNC(=O)CCc1nc(-c2ccoc2)no1)C(=O)O. The highest BCUT2D eigenvalue weighted by atomic mass is 16.5. The zero-order valence-corrected chi connectivity index (χ0v) is 12.3. The van der Waals surface area contributed by atoms with Crippen LogP contribution in [0.1, 0.15) is 26.2 Å². The molecular weight excluding hydrogens is 290 g/mol. The highest BCUT2D eigenvalue weighted by Crippen LogP contribution is 2.16. The zero-order valence-electron chi connectivity index (χ0n) is 12.3. The number of aryl methyl sites for hydroxylation is 1. The van der Waals surface area contributed by atoms with Crippen molar-refractivity contribution in [3.05, 3.63) is 24.5 Å². The molecule has 2 heterocycles. The molecule has 22 heavy (non-hydrogen) atoms. The lowest BCUT2D eigenvalue weighted by atomic mass is 9.94. The first-order valence-corrected chi connectivity index (χ1v) is 6.74. The van der Waals surface area contributed by atoms with Gasteiger partial charge in [-0.25, -0.2) is 0 Å². The molecule has 2 aromatic rings. The van der Waals surface area contributed by atoms with E-state index in [9.17, 15) is 9.59 Å². The number of nitrogens with one attached hydrogen (secondary N) is 1. The minimum atomic E-state index is -1.01. The Hall–Kier alpha value is -2.64. The van der Waals surface area contributed by atoms with Crippen LogP contribution in [0.15, 0.2) is 27.5 Å². The van der Waals surface area contributed by atoms with Crippen LogP contribution in [0.4, 0.5) is 0 Å². The van der Waals surface area contributed by atoms with Gasteiger partial charge in [0.15, 0.2) is 0 Å². The van der Waals surface area contributed by atoms with Crippen molar-refractivity contribution in [2.24, 2.45) is 5.41 Å². The average molecular weight is 307 g/mol. The maximum absolute atomic E-state index is 11.7. The number of nitrogens with zero attached hydrogens (tertiary/aromatic N) is 2. The third kappa shape index (κ3) is 3.94. The fourth-order valence-corrected chi connectivity index (χ4v) is 1.57. The Morgan fingerprint density at radius 2 is 2.18 bits per heavy atom. The summed E-state index contributed by atoms with van der Waals surface area (Å²) in [5, 5.41) is 15.3. The smallest absolute Gasteiger partial charge is 0.310 e. The monoisotopic (exact) mass is 307 g/mol. The number of carboxylic acid groups (broad SMARTS) is 1. The minimum Gasteiger partial charge on any atom is -0.481 e. The van der Waals surface area contributed by atoms with Crippen LogP contribution in [0.2, 0.25) is 0 Å². The quantitative estimate of drug-likeness (QED) is 0.795. The van der Waals surface area contributed by atoms with Gasteiger partial charge in [-0.05, 0) is 19.9 Å². The topological polar surface area (TPSA) is 118 Å². The predicted molar refractivity (Wildman–Crippen MR) is 74.7 cm³/mol. The Kier molecular flexibility index (Phi) is 4.59. The van der Waals surface area contributed by atoms with Crippen molar-refractivity contribution >= 4 is 11.9 Å². The Balaban J connectivity index is 1.81. The van der Waals surface area contributed by atoms with E-state index in [4.69, 9.17) is 14.0 Å². The molecule has 0 radical (unpaired) electrons. The van der Waals surface area contributed by atoms with E-state index in [1.807, 2.05) is 0 Å². The molecule has 8 nitrogen and oxygen atoms in total. The molecule has 2 rings (SSSR count). The van der Waals surface area contributed by atoms with Crippen LogP contribution in [0.5, 0.6) is 0 Å². The number of carboxylic acids is 1. The van der Waals surface area contributed by atoms with Gasteiger partial charge in [-0.1, -0.05) is 5.16 Å². The number of hydrogen-bond donors (Lipinski definition) is 2. The summed E-state index contributed by atoms with van der Waals surface area (Å²) in [6, 6.07) is 1.70. The van der Waals surface area contributed by atoms with Crippen molar-refractivity contribution in [3.8, 4) is 11.4 Å². The summed E-state index contributed by atoms with van der Waals surface area (Å²) in [7, 11) is 0. The van der Waals surface area contributed by atoms with E-state index in [0.717, 1.165) is 0 Å². The summed E-state index contributed by atoms with van der Waals surface area (Å²) in [5.41, 5.74) is -0.308. The number of furan rings is 1. The molecule has 0 fully saturated rings. The van der Waals surface area contributed by atoms with Crippen molar-refractivity contribution in [2.45, 2.75) is 26.7 Å². The molecule has 0 saturated heterocycles. The van der Waals surface area contributed by atoms with Gasteiger partial charge in [0, 0.05) is 19.4 Å². The molecular formula is C14H17N3O5. The summed E-state index contributed by atoms with van der Waals surface area (Å²) in [6.45, 7) is 3.15. The van der Waals surface area contributed by atoms with Crippen LogP contribution in [0, 0.1) is 5.41 Å². The standard InChI is InChI=1S/C14H17N3O5/c1-14(2,13(19)20)8-15-10(18)3-4-11-16-12(17-22-11)9-5-6-21-7-9/h5-7H,3-4,8H2,1-2H3,(H,15,18)(H,19,20). The predicted octanol–water partition coefficient (Wildman–Crippen LogP) is 1.49. The number of aliphatic carboxylic acids is 1. The number of rotatable bonds is 7. The van der Waals surface area contributed by atoms with Gasteiger partial charge in [0.25, 0.3) is 0 Å². The molecule has 1 amide bonds. The third-order valence-electron chi connectivity index (χ3n) is 3.12. The maximum Gasteiger partial charge on any atom is 0.310 e. The molecule has 0 bridgehead atoms. The van der Waals surface area contributed by atoms with Gasteiger partial charge in [-0.3, -0.25) is 9.59 Å². The minimum absolute atomic E-state index is 0.0608. The molecule has 0 aliphatic heterocycles. The van der Waals surface area contributed by atoms with Gasteiger partial charge in [-0.2, -0.15) is 4.98 Å². The Labute approximate surface area is 126 Å². The van der Waals surface area contributed by atoms with Crippen LogP contribution in [-0.4, -0.2) is 33.7 Å². The normalized spacial score (nSPS) is 11.4. The molecule has 0 unspecified atom stereocenters. The van der Waals surface area contributed by atoms with E-state index in [1.165, 1.54) is 12.5 Å². The van der Waals surface area contributed by atoms with Gasteiger partial charge < -0.3 is 19.4 Å². The van der Waals surface area contributed by atoms with Crippen molar-refractivity contribution in [3.63, 3.8) is 0 Å². The second kappa shape index (κ2) is 6.42. The fraction of sp³-hybridized carbons (Fsp3) is 0.429. The Morgan fingerprint density at radius 1 is 1.41 bits per heavy atom. The largest absolute Gasteiger partial charge is 0.481 e. The molecule has 2 aromatic heterocycles. The van der Waals surface area contributed by atoms with Gasteiger partial charge in [-0.15, -0.1) is 0 Å². The highest BCUT2D eigenvalue weighted by molar-refractivity contribution is 5.78. The van der Waals surface area contributed by atoms with Gasteiger partial charge >= 0.3 is 5.97 Å². The number of carbonyl (C=O) groups excluding carboxylic acids is 1. The van der Waals surface area contributed by atoms with Crippen molar-refractivity contribution in [1.82, 2.24) is 15.5 Å². The molecule has 0 atom stereocenters. The van der Waals surface area contributed by atoms with E-state index in [1.54, 1.807) is 19.9 Å². The zero-order chi connectivity index (χ0) is 16.2. The first-order chi connectivity index (χ1) is 10.4. The average Bonchev–Trinajstić information content (AvgIpc) is 3.13. The lowest BCUT2D eigenvalue weighted by Gasteiger charge is -2.19. The molecule has 8 heteroatoms. The van der Waals surface area contributed by atoms with E-state index in [0.29, 0.717) is 17.3 Å². The van der Waals surface area contributed by atoms with Crippen LogP contribution in [0.25, 0.3) is 11.4 Å². The number of hydrogen-bond acceptors (Lipinski definition) is 6. The van der Waals surface area contributed by atoms with Crippen molar-refractivity contribution in [1.29, 1.82) is 0 Å². The molecule has 0 saturated carbocycles. The molecule has 0 aliphatic rings. The second-order valence-corrected chi connectivity index (χ2v) is 5.49. The molecule has 2 N–H and O–H groups in total. The Bertz CT molecular complexity index is 645. The Morgan fingerprint density at radius 3 is 2.82 bits per heavy atom. The molecule has 0 aliphatic carbocycles. The number of amides is 1. The summed E-state index contributed by atoms with van der Waals surface area (Å²) in [6.07, 6.45) is 3.42. The molecule has 0 aromatic carbocycles. The van der Waals surface area contributed by atoms with Crippen molar-refractivity contribution in [2.75, 3.05) is 6.54 Å². The maximum atomic E-state index is 11.7. The van der Waals surface area contributed by atoms with E-state index in [2.05, 4.69) is 15.5 Å². The van der Waals surface area contributed by atoms with E-state index >= 15 is 0 Å². The van der Waals surface area contributed by atoms with Crippen LogP contribution in [0.3, 0.4) is 0 Å². The molecule has 118 valence electrons. The van der Waals surface area contributed by atoms with E-state index in [-0.39, 0.29) is 25.3 Å². The van der Waals surface area contributed by atoms with Gasteiger partial charge in [0.1, 0.15) is 6.26 Å². The fourth-order valence-electron chi connectivity index (χ4n) is 1.57. The highest BCUT2D eigenvalue weighted by Gasteiger charge is 2.27. The van der Waals surface area contributed by atoms with Crippen molar-refractivity contribution < 1.29 is 23.6 Å². The van der Waals surface area contributed by atoms with Gasteiger partial charge in [0.2, 0.25) is 17.6 Å². The number of aromatic nitrogens is 2. The van der Waals surface area contributed by atoms with Crippen LogP contribution >= 0.6 is 0 Å². The summed E-state index contributed by atoms with van der Waals surface area (Å²) in [5.74, 6) is -0.494.